The van der Waals surface area contributed by atoms with Crippen LogP contribution in [0.25, 0.3) is 22.3 Å². The molecule has 3 aromatic rings. The van der Waals surface area contributed by atoms with Gasteiger partial charge in [-0.3, -0.25) is 0 Å². The molecule has 0 unspecified atom stereocenters. The number of hydrogen-bond acceptors (Lipinski definition) is 4. The minimum atomic E-state index is -1.05. The number of aromatic nitrogens is 3. The molecule has 1 N–H and O–H groups in total. The number of anilines is 1. The van der Waals surface area contributed by atoms with E-state index in [4.69, 9.17) is 11.6 Å². The van der Waals surface area contributed by atoms with Gasteiger partial charge in [0.1, 0.15) is 28.1 Å². The zero-order chi connectivity index (χ0) is 18.3. The summed E-state index contributed by atoms with van der Waals surface area (Å²) in [6, 6.07) is 1.37. The van der Waals surface area contributed by atoms with E-state index in [-0.39, 0.29) is 22.4 Å². The van der Waals surface area contributed by atoms with Gasteiger partial charge in [0.15, 0.2) is 5.65 Å². The summed E-state index contributed by atoms with van der Waals surface area (Å²) in [6.07, 6.45) is 6.91. The lowest BCUT2D eigenvalue weighted by atomic mass is 10.0. The van der Waals surface area contributed by atoms with Crippen LogP contribution in [0.4, 0.5) is 18.9 Å². The first-order valence-corrected chi connectivity index (χ1v) is 8.64. The highest BCUT2D eigenvalue weighted by Gasteiger charge is 2.26. The zero-order valence-corrected chi connectivity index (χ0v) is 14.3. The van der Waals surface area contributed by atoms with Crippen LogP contribution in [0.2, 0.25) is 5.15 Å². The second-order valence-electron chi connectivity index (χ2n) is 6.25. The molecule has 0 saturated heterocycles. The fourth-order valence-electron chi connectivity index (χ4n) is 3.38. The van der Waals surface area contributed by atoms with E-state index in [1.54, 1.807) is 0 Å². The van der Waals surface area contributed by atoms with Crippen molar-refractivity contribution in [3.8, 4) is 11.1 Å². The molecule has 1 saturated carbocycles. The highest BCUT2D eigenvalue weighted by Crippen LogP contribution is 2.41. The molecule has 0 spiro atoms. The van der Waals surface area contributed by atoms with Crippen molar-refractivity contribution >= 4 is 28.5 Å². The van der Waals surface area contributed by atoms with Crippen molar-refractivity contribution in [2.75, 3.05) is 5.32 Å². The number of halogens is 4. The number of benzene rings is 1. The maximum atomic E-state index is 14.4. The predicted octanol–water partition coefficient (Wildman–Crippen LogP) is 5.12. The van der Waals surface area contributed by atoms with Gasteiger partial charge in [0, 0.05) is 30.6 Å². The van der Waals surface area contributed by atoms with Crippen LogP contribution >= 0.6 is 11.6 Å². The van der Waals surface area contributed by atoms with Crippen molar-refractivity contribution in [1.29, 1.82) is 0 Å². The van der Waals surface area contributed by atoms with E-state index in [2.05, 4.69) is 20.3 Å². The number of hydrogen-bond donors (Lipinski definition) is 1. The number of nitrogens with one attached hydrogen (secondary N) is 1. The Morgan fingerprint density at radius 3 is 2.31 bits per heavy atom. The standard InChI is InChI=1S/C18H14ClF3N4/c19-17-14(13-11(21)7-9(20)8-12(13)22)15(25-10-3-1-2-4-10)16-18(26-17)24-6-5-23-16/h5-8,10H,1-4H2,(H,24,25,26). The quantitative estimate of drug-likeness (QED) is 0.643. The molecule has 2 heterocycles. The third-order valence-corrected chi connectivity index (χ3v) is 4.81. The zero-order valence-electron chi connectivity index (χ0n) is 13.6. The summed E-state index contributed by atoms with van der Waals surface area (Å²) < 4.78 is 42.2. The first-order valence-electron chi connectivity index (χ1n) is 8.26. The van der Waals surface area contributed by atoms with Crippen LogP contribution in [-0.4, -0.2) is 21.0 Å². The molecule has 2 aromatic heterocycles. The Labute approximate surface area is 152 Å². The normalized spacial score (nSPS) is 14.9. The van der Waals surface area contributed by atoms with Crippen molar-refractivity contribution in [3.05, 3.63) is 47.1 Å². The lowest BCUT2D eigenvalue weighted by molar-refractivity contribution is 0.548. The largest absolute Gasteiger partial charge is 0.380 e. The van der Waals surface area contributed by atoms with Gasteiger partial charge >= 0.3 is 0 Å². The molecule has 1 aliphatic carbocycles. The van der Waals surface area contributed by atoms with E-state index >= 15 is 0 Å². The Kier molecular flexibility index (Phi) is 4.40. The van der Waals surface area contributed by atoms with Crippen molar-refractivity contribution in [2.24, 2.45) is 0 Å². The van der Waals surface area contributed by atoms with E-state index in [1.807, 2.05) is 0 Å². The summed E-state index contributed by atoms with van der Waals surface area (Å²) >= 11 is 6.27. The molecule has 4 rings (SSSR count). The third kappa shape index (κ3) is 2.96. The topological polar surface area (TPSA) is 50.7 Å². The molecular weight excluding hydrogens is 365 g/mol. The van der Waals surface area contributed by atoms with Crippen LogP contribution in [0, 0.1) is 17.5 Å². The number of fused-ring (bicyclic) bond motifs is 1. The summed E-state index contributed by atoms with van der Waals surface area (Å²) in [6.45, 7) is 0. The second-order valence-corrected chi connectivity index (χ2v) is 6.61. The molecule has 8 heteroatoms. The van der Waals surface area contributed by atoms with Gasteiger partial charge in [0.05, 0.1) is 16.8 Å². The molecule has 134 valence electrons. The van der Waals surface area contributed by atoms with Gasteiger partial charge in [-0.25, -0.2) is 28.1 Å². The van der Waals surface area contributed by atoms with Crippen LogP contribution in [-0.2, 0) is 0 Å². The molecule has 4 nitrogen and oxygen atoms in total. The predicted molar refractivity (Wildman–Crippen MR) is 93.5 cm³/mol. The molecule has 26 heavy (non-hydrogen) atoms. The Morgan fingerprint density at radius 2 is 1.62 bits per heavy atom. The number of nitrogens with zero attached hydrogens (tertiary/aromatic N) is 3. The molecule has 1 aliphatic rings. The number of pyridine rings is 1. The molecular formula is C18H14ClF3N4. The highest BCUT2D eigenvalue weighted by molar-refractivity contribution is 6.33. The lowest BCUT2D eigenvalue weighted by Gasteiger charge is -2.20. The maximum Gasteiger partial charge on any atom is 0.181 e. The molecule has 0 radical (unpaired) electrons. The van der Waals surface area contributed by atoms with Crippen LogP contribution in [0.3, 0.4) is 0 Å². The molecule has 1 fully saturated rings. The molecule has 0 atom stereocenters. The summed E-state index contributed by atoms with van der Waals surface area (Å²) in [5.74, 6) is -3.11. The molecule has 0 bridgehead atoms. The van der Waals surface area contributed by atoms with Gasteiger partial charge in [-0.05, 0) is 12.8 Å². The summed E-state index contributed by atoms with van der Waals surface area (Å²) in [7, 11) is 0. The van der Waals surface area contributed by atoms with Gasteiger partial charge < -0.3 is 5.32 Å². The molecule has 0 amide bonds. The van der Waals surface area contributed by atoms with Crippen molar-refractivity contribution < 1.29 is 13.2 Å². The van der Waals surface area contributed by atoms with Gasteiger partial charge in [-0.15, -0.1) is 0 Å². The molecule has 0 aliphatic heterocycles. The van der Waals surface area contributed by atoms with Gasteiger partial charge in [0.2, 0.25) is 0 Å². The van der Waals surface area contributed by atoms with Gasteiger partial charge in [-0.1, -0.05) is 24.4 Å². The van der Waals surface area contributed by atoms with Crippen LogP contribution in [0.1, 0.15) is 25.7 Å². The second kappa shape index (κ2) is 6.72. The lowest BCUT2D eigenvalue weighted by Crippen LogP contribution is -2.16. The van der Waals surface area contributed by atoms with Crippen molar-refractivity contribution in [2.45, 2.75) is 31.7 Å². The minimum absolute atomic E-state index is 0.0292. The summed E-state index contributed by atoms with van der Waals surface area (Å²) in [5.41, 5.74) is 0.592. The third-order valence-electron chi connectivity index (χ3n) is 4.54. The Bertz CT molecular complexity index is 967. The van der Waals surface area contributed by atoms with E-state index in [0.29, 0.717) is 23.3 Å². The Morgan fingerprint density at radius 1 is 0.962 bits per heavy atom. The minimum Gasteiger partial charge on any atom is -0.380 e. The fraction of sp³-hybridized carbons (Fsp3) is 0.278. The Balaban J connectivity index is 2.00. The summed E-state index contributed by atoms with van der Waals surface area (Å²) in [4.78, 5) is 12.5. The van der Waals surface area contributed by atoms with Crippen LogP contribution in [0.5, 0.6) is 0 Å². The van der Waals surface area contributed by atoms with Crippen molar-refractivity contribution in [1.82, 2.24) is 15.0 Å². The Hall–Kier alpha value is -2.41. The van der Waals surface area contributed by atoms with E-state index < -0.39 is 23.0 Å². The monoisotopic (exact) mass is 378 g/mol. The average molecular weight is 379 g/mol. The number of rotatable bonds is 3. The van der Waals surface area contributed by atoms with Gasteiger partial charge in [-0.2, -0.15) is 0 Å². The summed E-state index contributed by atoms with van der Waals surface area (Å²) in [5, 5.41) is 3.18. The first-order chi connectivity index (χ1) is 12.5. The molecule has 1 aromatic carbocycles. The van der Waals surface area contributed by atoms with Crippen molar-refractivity contribution in [3.63, 3.8) is 0 Å². The smallest absolute Gasteiger partial charge is 0.181 e. The fourth-order valence-corrected chi connectivity index (χ4v) is 3.65. The van der Waals surface area contributed by atoms with Gasteiger partial charge in [0.25, 0.3) is 0 Å². The van der Waals surface area contributed by atoms with Crippen LogP contribution in [0.15, 0.2) is 24.5 Å². The first kappa shape index (κ1) is 17.0. The van der Waals surface area contributed by atoms with Crippen LogP contribution < -0.4 is 5.32 Å². The maximum absolute atomic E-state index is 14.4. The average Bonchev–Trinajstić information content (AvgIpc) is 3.09. The SMILES string of the molecule is Fc1cc(F)c(-c2c(Cl)nc3nccnc3c2NC2CCCC2)c(F)c1. The van der Waals surface area contributed by atoms with E-state index in [1.165, 1.54) is 12.4 Å². The highest BCUT2D eigenvalue weighted by atomic mass is 35.5. The van der Waals surface area contributed by atoms with E-state index in [9.17, 15) is 13.2 Å². The van der Waals surface area contributed by atoms with E-state index in [0.717, 1.165) is 25.7 Å².